The van der Waals surface area contributed by atoms with E-state index in [1.165, 1.54) is 7.11 Å². The van der Waals surface area contributed by atoms with Gasteiger partial charge in [-0.2, -0.15) is 0 Å². The van der Waals surface area contributed by atoms with E-state index in [2.05, 4.69) is 15.4 Å². The molecule has 1 atom stereocenters. The van der Waals surface area contributed by atoms with Gasteiger partial charge in [0, 0.05) is 6.42 Å². The summed E-state index contributed by atoms with van der Waals surface area (Å²) in [6.07, 6.45) is -0.900. The smallest absolute Gasteiger partial charge is 0.408 e. The maximum absolute atomic E-state index is 12.3. The van der Waals surface area contributed by atoms with Crippen molar-refractivity contribution >= 4 is 23.9 Å². The molecule has 0 rings (SSSR count). The minimum Gasteiger partial charge on any atom is -0.469 e. The average molecular weight is 374 g/mol. The molecule has 0 aliphatic heterocycles. The second-order valence-corrected chi connectivity index (χ2v) is 7.62. The van der Waals surface area contributed by atoms with Gasteiger partial charge in [-0.15, -0.1) is 0 Å². The molecule has 150 valence electrons. The van der Waals surface area contributed by atoms with Gasteiger partial charge in [0.15, 0.2) is 0 Å². The largest absolute Gasteiger partial charge is 0.469 e. The Morgan fingerprint density at radius 2 is 1.42 bits per heavy atom. The summed E-state index contributed by atoms with van der Waals surface area (Å²) < 4.78 is 14.7. The van der Waals surface area contributed by atoms with Crippen LogP contribution in [0.5, 0.6) is 0 Å². The first-order chi connectivity index (χ1) is 11.7. The van der Waals surface area contributed by atoms with E-state index in [1.54, 1.807) is 41.5 Å². The average Bonchev–Trinajstić information content (AvgIpc) is 2.44. The van der Waals surface area contributed by atoms with Crippen molar-refractivity contribution in [3.05, 3.63) is 0 Å². The van der Waals surface area contributed by atoms with E-state index in [9.17, 15) is 19.2 Å². The Morgan fingerprint density at radius 1 is 0.885 bits per heavy atom. The van der Waals surface area contributed by atoms with Crippen LogP contribution in [0.25, 0.3) is 0 Å². The summed E-state index contributed by atoms with van der Waals surface area (Å²) in [7, 11) is 1.22. The summed E-state index contributed by atoms with van der Waals surface area (Å²) in [5.41, 5.74) is -1.43. The van der Waals surface area contributed by atoms with Gasteiger partial charge in [-0.3, -0.25) is 14.4 Å². The molecule has 0 heterocycles. The molecular formula is C17H30N2O7. The fourth-order valence-corrected chi connectivity index (χ4v) is 1.74. The first kappa shape index (κ1) is 23.7. The standard InChI is InChI=1S/C17H30N2O7/c1-16(2,3)25-13(21)10-18-14(22)11(8-9-12(20)24-7)19-15(23)26-17(4,5)6/h11H,8-10H2,1-7H3,(H,18,22)(H,19,23)/t11-/m1/s1. The molecule has 0 aromatic carbocycles. The van der Waals surface area contributed by atoms with Crippen LogP contribution in [0.1, 0.15) is 54.4 Å². The van der Waals surface area contributed by atoms with E-state index < -0.39 is 41.2 Å². The quantitative estimate of drug-likeness (QED) is 0.509. The van der Waals surface area contributed by atoms with Crippen molar-refractivity contribution in [3.8, 4) is 0 Å². The lowest BCUT2D eigenvalue weighted by atomic mass is 10.1. The molecule has 26 heavy (non-hydrogen) atoms. The van der Waals surface area contributed by atoms with Crippen LogP contribution in [-0.2, 0) is 28.6 Å². The van der Waals surface area contributed by atoms with Gasteiger partial charge in [0.05, 0.1) is 7.11 Å². The number of carbonyl (C=O) groups is 4. The maximum Gasteiger partial charge on any atom is 0.408 e. The Morgan fingerprint density at radius 3 is 1.88 bits per heavy atom. The maximum atomic E-state index is 12.3. The molecular weight excluding hydrogens is 344 g/mol. The lowest BCUT2D eigenvalue weighted by Gasteiger charge is -2.23. The number of alkyl carbamates (subject to hydrolysis) is 1. The van der Waals surface area contributed by atoms with Crippen LogP contribution in [0.2, 0.25) is 0 Å². The first-order valence-electron chi connectivity index (χ1n) is 8.29. The van der Waals surface area contributed by atoms with Crippen LogP contribution in [0.4, 0.5) is 4.79 Å². The highest BCUT2D eigenvalue weighted by Crippen LogP contribution is 2.09. The molecule has 0 unspecified atom stereocenters. The Hall–Kier alpha value is -2.32. The third kappa shape index (κ3) is 12.1. The predicted molar refractivity (Wildman–Crippen MR) is 93.3 cm³/mol. The summed E-state index contributed by atoms with van der Waals surface area (Å²) in [4.78, 5) is 47.2. The molecule has 0 spiro atoms. The number of esters is 2. The molecule has 0 bridgehead atoms. The van der Waals surface area contributed by atoms with Crippen LogP contribution in [0, 0.1) is 0 Å². The zero-order valence-electron chi connectivity index (χ0n) is 16.6. The molecule has 0 aromatic rings. The second kappa shape index (κ2) is 9.98. The fraction of sp³-hybridized carbons (Fsp3) is 0.765. The number of methoxy groups -OCH3 is 1. The number of carbonyl (C=O) groups excluding carboxylic acids is 4. The molecule has 0 saturated heterocycles. The van der Waals surface area contributed by atoms with Crippen molar-refractivity contribution in [1.29, 1.82) is 0 Å². The minimum absolute atomic E-state index is 0.00787. The van der Waals surface area contributed by atoms with Crippen LogP contribution in [-0.4, -0.2) is 54.8 Å². The highest BCUT2D eigenvalue weighted by molar-refractivity contribution is 5.88. The number of hydrogen-bond donors (Lipinski definition) is 2. The van der Waals surface area contributed by atoms with E-state index >= 15 is 0 Å². The lowest BCUT2D eigenvalue weighted by Crippen LogP contribution is -2.49. The van der Waals surface area contributed by atoms with Gasteiger partial charge in [0.25, 0.3) is 0 Å². The van der Waals surface area contributed by atoms with Crippen molar-refractivity contribution in [2.24, 2.45) is 0 Å². The van der Waals surface area contributed by atoms with E-state index in [1.807, 2.05) is 0 Å². The van der Waals surface area contributed by atoms with Gasteiger partial charge in [-0.25, -0.2) is 4.79 Å². The first-order valence-corrected chi connectivity index (χ1v) is 8.29. The minimum atomic E-state index is -1.06. The molecule has 9 heteroatoms. The van der Waals surface area contributed by atoms with Crippen LogP contribution in [0.15, 0.2) is 0 Å². The van der Waals surface area contributed by atoms with Gasteiger partial charge < -0.3 is 24.8 Å². The van der Waals surface area contributed by atoms with E-state index in [0.29, 0.717) is 0 Å². The summed E-state index contributed by atoms with van der Waals surface area (Å²) in [6.45, 7) is 9.79. The van der Waals surface area contributed by atoms with Gasteiger partial charge in [0.2, 0.25) is 5.91 Å². The number of nitrogens with one attached hydrogen (secondary N) is 2. The molecule has 0 radical (unpaired) electrons. The van der Waals surface area contributed by atoms with Gasteiger partial charge in [-0.1, -0.05) is 0 Å². The topological polar surface area (TPSA) is 120 Å². The zero-order chi connectivity index (χ0) is 20.5. The van der Waals surface area contributed by atoms with Crippen molar-refractivity contribution in [3.63, 3.8) is 0 Å². The summed E-state index contributed by atoms with van der Waals surface area (Å²) >= 11 is 0. The number of amides is 2. The second-order valence-electron chi connectivity index (χ2n) is 7.62. The van der Waals surface area contributed by atoms with Crippen molar-refractivity contribution < 1.29 is 33.4 Å². The molecule has 0 aromatic heterocycles. The van der Waals surface area contributed by atoms with Gasteiger partial charge in [-0.05, 0) is 48.0 Å². The third-order valence-corrected chi connectivity index (χ3v) is 2.70. The van der Waals surface area contributed by atoms with Gasteiger partial charge >= 0.3 is 18.0 Å². The van der Waals surface area contributed by atoms with Crippen LogP contribution < -0.4 is 10.6 Å². The fourth-order valence-electron chi connectivity index (χ4n) is 1.74. The Balaban J connectivity index is 4.80. The van der Waals surface area contributed by atoms with E-state index in [4.69, 9.17) is 9.47 Å². The van der Waals surface area contributed by atoms with Crippen LogP contribution in [0.3, 0.4) is 0 Å². The highest BCUT2D eigenvalue weighted by atomic mass is 16.6. The van der Waals surface area contributed by atoms with Crippen molar-refractivity contribution in [2.75, 3.05) is 13.7 Å². The highest BCUT2D eigenvalue weighted by Gasteiger charge is 2.26. The van der Waals surface area contributed by atoms with Crippen molar-refractivity contribution in [1.82, 2.24) is 10.6 Å². The molecule has 0 aliphatic rings. The van der Waals surface area contributed by atoms with E-state index in [-0.39, 0.29) is 19.4 Å². The molecule has 0 aliphatic carbocycles. The van der Waals surface area contributed by atoms with E-state index in [0.717, 1.165) is 0 Å². The summed E-state index contributed by atoms with van der Waals surface area (Å²) in [5, 5.41) is 4.77. The number of rotatable bonds is 7. The Labute approximate surface area is 154 Å². The Bertz CT molecular complexity index is 518. The molecule has 2 amide bonds. The summed E-state index contributed by atoms with van der Waals surface area (Å²) in [6, 6.07) is -1.06. The lowest BCUT2D eigenvalue weighted by molar-refractivity contribution is -0.154. The van der Waals surface area contributed by atoms with Crippen molar-refractivity contribution in [2.45, 2.75) is 71.6 Å². The Kier molecular flexibility index (Phi) is 9.09. The molecule has 9 nitrogen and oxygen atoms in total. The number of hydrogen-bond acceptors (Lipinski definition) is 7. The molecule has 0 fully saturated rings. The number of ether oxygens (including phenoxy) is 3. The summed E-state index contributed by atoms with van der Waals surface area (Å²) in [5.74, 6) is -1.78. The van der Waals surface area contributed by atoms with Gasteiger partial charge in [0.1, 0.15) is 23.8 Å². The monoisotopic (exact) mass is 374 g/mol. The molecule has 0 saturated carbocycles. The SMILES string of the molecule is COC(=O)CC[C@@H](NC(=O)OC(C)(C)C)C(=O)NCC(=O)OC(C)(C)C. The zero-order valence-corrected chi connectivity index (χ0v) is 16.6. The van der Waals surface area contributed by atoms with Crippen LogP contribution >= 0.6 is 0 Å². The third-order valence-electron chi connectivity index (χ3n) is 2.70. The predicted octanol–water partition coefficient (Wildman–Crippen LogP) is 1.29. The normalized spacial score (nSPS) is 12.6. The molecule has 2 N–H and O–H groups in total.